The molecule has 3 atom stereocenters. The van der Waals surface area contributed by atoms with Gasteiger partial charge < -0.3 is 5.32 Å². The number of hydrogen-bond donors (Lipinski definition) is 2. The molecule has 0 aromatic rings. The van der Waals surface area contributed by atoms with Crippen molar-refractivity contribution in [1.29, 1.82) is 0 Å². The van der Waals surface area contributed by atoms with Gasteiger partial charge in [0.2, 0.25) is 5.91 Å². The zero-order valence-corrected chi connectivity index (χ0v) is 9.75. The van der Waals surface area contributed by atoms with Crippen molar-refractivity contribution in [1.82, 2.24) is 5.32 Å². The van der Waals surface area contributed by atoms with Crippen LogP contribution in [0.25, 0.3) is 0 Å². The van der Waals surface area contributed by atoms with Crippen LogP contribution in [0.4, 0.5) is 0 Å². The summed E-state index contributed by atoms with van der Waals surface area (Å²) in [7, 11) is -3.94. The van der Waals surface area contributed by atoms with Crippen molar-refractivity contribution >= 4 is 16.0 Å². The first kappa shape index (κ1) is 12.4. The second-order valence-electron chi connectivity index (χ2n) is 4.24. The van der Waals surface area contributed by atoms with E-state index >= 15 is 0 Å². The standard InChI is InChI=1S/C9H17NO4S/c1-6-5-8(10-7(2)11)3-4-9(6)15(12,13)14/h6,8-9H,3-5H2,1-2H3,(H,10,11)(H,12,13,14). The van der Waals surface area contributed by atoms with Crippen LogP contribution in [0.1, 0.15) is 33.1 Å². The van der Waals surface area contributed by atoms with Crippen molar-refractivity contribution in [3.63, 3.8) is 0 Å². The van der Waals surface area contributed by atoms with Gasteiger partial charge in [-0.3, -0.25) is 9.35 Å². The van der Waals surface area contributed by atoms with Gasteiger partial charge in [-0.25, -0.2) is 0 Å². The van der Waals surface area contributed by atoms with Crippen LogP contribution < -0.4 is 5.32 Å². The van der Waals surface area contributed by atoms with E-state index in [0.29, 0.717) is 19.3 Å². The monoisotopic (exact) mass is 235 g/mol. The Morgan fingerprint density at radius 3 is 2.40 bits per heavy atom. The van der Waals surface area contributed by atoms with Gasteiger partial charge in [-0.1, -0.05) is 6.92 Å². The first-order valence-corrected chi connectivity index (χ1v) is 6.54. The molecule has 88 valence electrons. The molecule has 1 fully saturated rings. The summed E-state index contributed by atoms with van der Waals surface area (Å²) in [5, 5.41) is 2.09. The molecule has 1 amide bonds. The molecule has 0 aliphatic heterocycles. The molecular weight excluding hydrogens is 218 g/mol. The average Bonchev–Trinajstić information content (AvgIpc) is 1.99. The number of hydrogen-bond acceptors (Lipinski definition) is 3. The summed E-state index contributed by atoms with van der Waals surface area (Å²) in [6, 6.07) is 0.0375. The van der Waals surface area contributed by atoms with E-state index in [1.807, 2.05) is 0 Å². The van der Waals surface area contributed by atoms with Crippen LogP contribution in [0.3, 0.4) is 0 Å². The van der Waals surface area contributed by atoms with Gasteiger partial charge >= 0.3 is 0 Å². The summed E-state index contributed by atoms with van der Waals surface area (Å²) in [5.74, 6) is -0.219. The molecule has 0 heterocycles. The number of rotatable bonds is 2. The van der Waals surface area contributed by atoms with E-state index in [-0.39, 0.29) is 17.9 Å². The minimum atomic E-state index is -3.94. The lowest BCUT2D eigenvalue weighted by Gasteiger charge is -2.32. The first-order valence-electron chi connectivity index (χ1n) is 5.04. The lowest BCUT2D eigenvalue weighted by atomic mass is 9.86. The molecular formula is C9H17NO4S. The minimum Gasteiger partial charge on any atom is -0.354 e. The molecule has 15 heavy (non-hydrogen) atoms. The van der Waals surface area contributed by atoms with E-state index < -0.39 is 15.4 Å². The Morgan fingerprint density at radius 1 is 1.40 bits per heavy atom. The molecule has 5 nitrogen and oxygen atoms in total. The van der Waals surface area contributed by atoms with E-state index in [4.69, 9.17) is 4.55 Å². The Bertz CT molecular complexity index is 338. The summed E-state index contributed by atoms with van der Waals surface area (Å²) in [6.45, 7) is 3.23. The smallest absolute Gasteiger partial charge is 0.268 e. The third-order valence-electron chi connectivity index (χ3n) is 2.88. The highest BCUT2D eigenvalue weighted by Gasteiger charge is 2.35. The average molecular weight is 235 g/mol. The van der Waals surface area contributed by atoms with Crippen LogP contribution in [0, 0.1) is 5.92 Å². The largest absolute Gasteiger partial charge is 0.354 e. The van der Waals surface area contributed by atoms with E-state index in [2.05, 4.69) is 5.32 Å². The number of nitrogens with one attached hydrogen (secondary N) is 1. The summed E-state index contributed by atoms with van der Waals surface area (Å²) >= 11 is 0. The third-order valence-corrected chi connectivity index (χ3v) is 4.35. The fraction of sp³-hybridized carbons (Fsp3) is 0.889. The summed E-state index contributed by atoms with van der Waals surface area (Å²) in [5.41, 5.74) is 0. The number of carbonyl (C=O) groups is 1. The van der Waals surface area contributed by atoms with Gasteiger partial charge in [-0.05, 0) is 25.2 Å². The highest BCUT2D eigenvalue weighted by molar-refractivity contribution is 7.86. The Hall–Kier alpha value is -0.620. The molecule has 0 aromatic carbocycles. The maximum absolute atomic E-state index is 11.0. The molecule has 6 heteroatoms. The Morgan fingerprint density at radius 2 is 2.00 bits per heavy atom. The van der Waals surface area contributed by atoms with Crippen molar-refractivity contribution in [3.05, 3.63) is 0 Å². The minimum absolute atomic E-state index is 0.0375. The van der Waals surface area contributed by atoms with Crippen LogP contribution in [-0.2, 0) is 14.9 Å². The van der Waals surface area contributed by atoms with Gasteiger partial charge in [0, 0.05) is 13.0 Å². The SMILES string of the molecule is CC(=O)NC1CCC(S(=O)(=O)O)C(C)C1. The van der Waals surface area contributed by atoms with E-state index in [0.717, 1.165) is 0 Å². The normalized spacial score (nSPS) is 32.3. The molecule has 0 radical (unpaired) electrons. The maximum Gasteiger partial charge on any atom is 0.268 e. The predicted molar refractivity (Wildman–Crippen MR) is 56.0 cm³/mol. The summed E-state index contributed by atoms with van der Waals surface area (Å²) < 4.78 is 31.0. The van der Waals surface area contributed by atoms with Crippen LogP contribution in [0.5, 0.6) is 0 Å². The quantitative estimate of drug-likeness (QED) is 0.685. The molecule has 1 aliphatic carbocycles. The Labute approximate surface area is 90.0 Å². The lowest BCUT2D eigenvalue weighted by molar-refractivity contribution is -0.119. The molecule has 0 saturated heterocycles. The van der Waals surface area contributed by atoms with E-state index in [1.165, 1.54) is 6.92 Å². The molecule has 1 aliphatic rings. The van der Waals surface area contributed by atoms with Crippen molar-refractivity contribution in [2.24, 2.45) is 5.92 Å². The van der Waals surface area contributed by atoms with Crippen LogP contribution in [-0.4, -0.2) is 30.2 Å². The highest BCUT2D eigenvalue weighted by atomic mass is 32.2. The third kappa shape index (κ3) is 3.46. The van der Waals surface area contributed by atoms with Gasteiger partial charge in [0.15, 0.2) is 0 Å². The molecule has 1 saturated carbocycles. The van der Waals surface area contributed by atoms with Crippen molar-refractivity contribution < 1.29 is 17.8 Å². The predicted octanol–water partition coefficient (Wildman–Crippen LogP) is 0.568. The second-order valence-corrected chi connectivity index (χ2v) is 5.88. The Kier molecular flexibility index (Phi) is 3.72. The highest BCUT2D eigenvalue weighted by Crippen LogP contribution is 2.28. The topological polar surface area (TPSA) is 83.5 Å². The zero-order chi connectivity index (χ0) is 11.6. The molecule has 0 aromatic heterocycles. The lowest BCUT2D eigenvalue weighted by Crippen LogP contribution is -2.43. The van der Waals surface area contributed by atoms with Crippen LogP contribution in [0.2, 0.25) is 0 Å². The van der Waals surface area contributed by atoms with Gasteiger partial charge in [0.05, 0.1) is 5.25 Å². The molecule has 0 spiro atoms. The van der Waals surface area contributed by atoms with E-state index in [1.54, 1.807) is 6.92 Å². The maximum atomic E-state index is 11.0. The zero-order valence-electron chi connectivity index (χ0n) is 8.93. The second kappa shape index (κ2) is 4.49. The van der Waals surface area contributed by atoms with Crippen molar-refractivity contribution in [2.45, 2.75) is 44.4 Å². The fourth-order valence-electron chi connectivity index (χ4n) is 2.23. The number of carbonyl (C=O) groups excluding carboxylic acids is 1. The summed E-state index contributed by atoms with van der Waals surface area (Å²) in [6.07, 6.45) is 1.61. The van der Waals surface area contributed by atoms with Crippen molar-refractivity contribution in [3.8, 4) is 0 Å². The summed E-state index contributed by atoms with van der Waals surface area (Å²) in [4.78, 5) is 10.8. The van der Waals surface area contributed by atoms with Gasteiger partial charge in [0.25, 0.3) is 10.1 Å². The van der Waals surface area contributed by atoms with Crippen LogP contribution in [0.15, 0.2) is 0 Å². The van der Waals surface area contributed by atoms with Crippen LogP contribution >= 0.6 is 0 Å². The van der Waals surface area contributed by atoms with E-state index in [9.17, 15) is 13.2 Å². The molecule has 1 rings (SSSR count). The van der Waals surface area contributed by atoms with Gasteiger partial charge in [0.1, 0.15) is 0 Å². The van der Waals surface area contributed by atoms with Crippen molar-refractivity contribution in [2.75, 3.05) is 0 Å². The van der Waals surface area contributed by atoms with Gasteiger partial charge in [-0.15, -0.1) is 0 Å². The first-order chi connectivity index (χ1) is 6.80. The molecule has 3 unspecified atom stereocenters. The fourth-order valence-corrected chi connectivity index (χ4v) is 3.36. The van der Waals surface area contributed by atoms with Gasteiger partial charge in [-0.2, -0.15) is 8.42 Å². The number of amides is 1. The Balaban J connectivity index is 2.59. The molecule has 0 bridgehead atoms. The molecule has 2 N–H and O–H groups in total.